The molecule has 4 heterocycles. The van der Waals surface area contributed by atoms with Crippen LogP contribution in [0.3, 0.4) is 0 Å². The summed E-state index contributed by atoms with van der Waals surface area (Å²) in [5, 5.41) is 16.4. The molecule has 1 spiro atoms. The van der Waals surface area contributed by atoms with Gasteiger partial charge in [0.2, 0.25) is 0 Å². The van der Waals surface area contributed by atoms with E-state index in [-0.39, 0.29) is 24.2 Å². The Bertz CT molecular complexity index is 1070. The number of hydrogen-bond donors (Lipinski definition) is 2. The van der Waals surface area contributed by atoms with Gasteiger partial charge in [-0.15, -0.1) is 11.3 Å². The van der Waals surface area contributed by atoms with Crippen molar-refractivity contribution in [2.75, 3.05) is 24.6 Å². The van der Waals surface area contributed by atoms with Crippen molar-refractivity contribution in [1.29, 1.82) is 0 Å². The number of pyridine rings is 1. The third-order valence-electron chi connectivity index (χ3n) is 5.97. The Balaban J connectivity index is 0.000000317. The molecule has 0 aliphatic carbocycles. The maximum Gasteiger partial charge on any atom is 0.490 e. The van der Waals surface area contributed by atoms with Crippen molar-refractivity contribution in [3.8, 4) is 0 Å². The fourth-order valence-electron chi connectivity index (χ4n) is 3.99. The lowest BCUT2D eigenvalue weighted by atomic mass is 9.82. The van der Waals surface area contributed by atoms with Gasteiger partial charge in [-0.3, -0.25) is 14.7 Å². The number of likely N-dealkylation sites (tertiary alicyclic amines) is 1. The van der Waals surface area contributed by atoms with Gasteiger partial charge in [0, 0.05) is 30.7 Å². The van der Waals surface area contributed by atoms with Crippen LogP contribution in [0.4, 0.5) is 32.0 Å². The van der Waals surface area contributed by atoms with E-state index in [1.165, 1.54) is 4.88 Å². The molecule has 9 nitrogen and oxygen atoms in total. The van der Waals surface area contributed by atoms with Gasteiger partial charge < -0.3 is 19.8 Å². The van der Waals surface area contributed by atoms with Crippen LogP contribution in [-0.4, -0.2) is 81.6 Å². The van der Waals surface area contributed by atoms with Crippen LogP contribution in [0, 0.1) is 0 Å². The molecule has 0 aromatic carbocycles. The van der Waals surface area contributed by atoms with E-state index < -0.39 is 24.3 Å². The number of carboxylic acids is 2. The van der Waals surface area contributed by atoms with Crippen LogP contribution < -0.4 is 4.90 Å². The highest BCUT2D eigenvalue weighted by atomic mass is 32.1. The second-order valence-corrected chi connectivity index (χ2v) is 9.50. The fraction of sp³-hybridized carbons (Fsp3) is 0.478. The summed E-state index contributed by atoms with van der Waals surface area (Å²) in [6.07, 6.45) is -4.77. The first kappa shape index (κ1) is 32.0. The number of carbonyl (C=O) groups excluding carboxylic acids is 1. The van der Waals surface area contributed by atoms with E-state index in [2.05, 4.69) is 34.3 Å². The Morgan fingerprint density at radius 2 is 1.64 bits per heavy atom. The number of halogens is 6. The number of hydrogen-bond acceptors (Lipinski definition) is 7. The van der Waals surface area contributed by atoms with Gasteiger partial charge in [0.25, 0.3) is 5.91 Å². The molecule has 2 N–H and O–H groups in total. The van der Waals surface area contributed by atoms with Crippen molar-refractivity contribution in [2.24, 2.45) is 0 Å². The van der Waals surface area contributed by atoms with Crippen molar-refractivity contribution >= 4 is 34.9 Å². The SMILES string of the molecule is CC1N(c2cccnc2)C(=O)COC12CCN(Cc1cccs1)CC2.O=C(O)C(F)(F)F.O=C(O)C(F)(F)F. The lowest BCUT2D eigenvalue weighted by Gasteiger charge is -2.51. The molecule has 2 aromatic heterocycles. The van der Waals surface area contributed by atoms with Crippen molar-refractivity contribution in [3.05, 3.63) is 46.9 Å². The van der Waals surface area contributed by atoms with Gasteiger partial charge in [-0.1, -0.05) is 6.07 Å². The highest BCUT2D eigenvalue weighted by Crippen LogP contribution is 2.38. The Kier molecular flexibility index (Phi) is 10.8. The van der Waals surface area contributed by atoms with Gasteiger partial charge in [-0.2, -0.15) is 26.3 Å². The standard InChI is InChI=1S/C19H23N3O2S.2C2HF3O2/c1-15-19(6-9-21(10-7-19)13-17-5-3-11-25-17)24-14-18(23)22(15)16-4-2-8-20-12-16;2*3-2(4,5)1(6)7/h2-5,8,11-12,15H,6-7,9-10,13-14H2,1H3;2*(H,6,7). The number of thiophene rings is 1. The van der Waals surface area contributed by atoms with E-state index in [1.807, 2.05) is 28.4 Å². The van der Waals surface area contributed by atoms with Crippen LogP contribution in [0.2, 0.25) is 0 Å². The number of aromatic nitrogens is 1. The highest BCUT2D eigenvalue weighted by Gasteiger charge is 2.48. The van der Waals surface area contributed by atoms with Gasteiger partial charge in [-0.05, 0) is 43.3 Å². The van der Waals surface area contributed by atoms with E-state index in [0.29, 0.717) is 0 Å². The molecule has 0 radical (unpaired) electrons. The predicted octanol–water partition coefficient (Wildman–Crippen LogP) is 4.20. The van der Waals surface area contributed by atoms with Crippen LogP contribution in [0.15, 0.2) is 42.0 Å². The van der Waals surface area contributed by atoms with Crippen molar-refractivity contribution in [1.82, 2.24) is 9.88 Å². The second-order valence-electron chi connectivity index (χ2n) is 8.47. The number of amides is 1. The normalized spacial score (nSPS) is 19.4. The van der Waals surface area contributed by atoms with E-state index >= 15 is 0 Å². The van der Waals surface area contributed by atoms with Crippen LogP contribution in [0.1, 0.15) is 24.6 Å². The summed E-state index contributed by atoms with van der Waals surface area (Å²) in [7, 11) is 0. The quantitative estimate of drug-likeness (QED) is 0.515. The van der Waals surface area contributed by atoms with Crippen LogP contribution in [0.5, 0.6) is 0 Å². The molecule has 0 bridgehead atoms. The zero-order chi connectivity index (χ0) is 29.4. The Labute approximate surface area is 222 Å². The zero-order valence-corrected chi connectivity index (χ0v) is 21.2. The van der Waals surface area contributed by atoms with Crippen LogP contribution in [0.25, 0.3) is 0 Å². The molecule has 1 unspecified atom stereocenters. The number of nitrogens with zero attached hydrogens (tertiary/aromatic N) is 3. The third-order valence-corrected chi connectivity index (χ3v) is 6.83. The average Bonchev–Trinajstić information content (AvgIpc) is 3.37. The number of alkyl halides is 6. The lowest BCUT2D eigenvalue weighted by molar-refractivity contribution is -0.193. The summed E-state index contributed by atoms with van der Waals surface area (Å²) in [5.74, 6) is -5.49. The first-order valence-electron chi connectivity index (χ1n) is 11.3. The predicted molar refractivity (Wildman–Crippen MR) is 126 cm³/mol. The molecule has 39 heavy (non-hydrogen) atoms. The molecule has 2 aliphatic rings. The van der Waals surface area contributed by atoms with Crippen LogP contribution >= 0.6 is 11.3 Å². The molecule has 2 aliphatic heterocycles. The van der Waals surface area contributed by atoms with Gasteiger partial charge in [0.15, 0.2) is 0 Å². The largest absolute Gasteiger partial charge is 0.490 e. The molecule has 2 fully saturated rings. The van der Waals surface area contributed by atoms with Gasteiger partial charge in [0.05, 0.1) is 23.5 Å². The summed E-state index contributed by atoms with van der Waals surface area (Å²) in [6.45, 7) is 5.27. The number of ether oxygens (including phenoxy) is 1. The number of aliphatic carboxylic acids is 2. The number of piperidine rings is 1. The van der Waals surface area contributed by atoms with E-state index in [9.17, 15) is 31.1 Å². The summed E-state index contributed by atoms with van der Waals surface area (Å²) in [4.78, 5) is 40.2. The average molecular weight is 586 g/mol. The van der Waals surface area contributed by atoms with Gasteiger partial charge >= 0.3 is 24.3 Å². The highest BCUT2D eigenvalue weighted by molar-refractivity contribution is 7.09. The number of anilines is 1. The smallest absolute Gasteiger partial charge is 0.475 e. The second kappa shape index (κ2) is 13.2. The number of carboxylic acid groups (broad SMARTS) is 2. The topological polar surface area (TPSA) is 120 Å². The molecule has 216 valence electrons. The first-order valence-corrected chi connectivity index (χ1v) is 12.2. The molecular weight excluding hydrogens is 560 g/mol. The molecule has 0 saturated carbocycles. The van der Waals surface area contributed by atoms with Crippen molar-refractivity contribution in [2.45, 2.75) is 50.3 Å². The molecule has 16 heteroatoms. The van der Waals surface area contributed by atoms with Crippen LogP contribution in [-0.2, 0) is 25.7 Å². The minimum absolute atomic E-state index is 0.0156. The van der Waals surface area contributed by atoms with Crippen molar-refractivity contribution < 1.29 is 55.7 Å². The van der Waals surface area contributed by atoms with E-state index in [4.69, 9.17) is 24.5 Å². The summed E-state index contributed by atoms with van der Waals surface area (Å²) >= 11 is 1.81. The molecule has 2 aromatic rings. The maximum absolute atomic E-state index is 12.5. The summed E-state index contributed by atoms with van der Waals surface area (Å²) < 4.78 is 69.6. The molecule has 1 atom stereocenters. The molecular formula is C23H25F6N3O6S. The number of rotatable bonds is 3. The first-order chi connectivity index (χ1) is 18.1. The molecule has 4 rings (SSSR count). The summed E-state index contributed by atoms with van der Waals surface area (Å²) in [6, 6.07) is 8.14. The zero-order valence-electron chi connectivity index (χ0n) is 20.4. The minimum Gasteiger partial charge on any atom is -0.475 e. The van der Waals surface area contributed by atoms with Gasteiger partial charge in [0.1, 0.15) is 6.61 Å². The third kappa shape index (κ3) is 9.18. The monoisotopic (exact) mass is 585 g/mol. The summed E-state index contributed by atoms with van der Waals surface area (Å²) in [5.41, 5.74) is 0.610. The lowest BCUT2D eigenvalue weighted by Crippen LogP contribution is -2.64. The fourth-order valence-corrected chi connectivity index (χ4v) is 4.73. The Hall–Kier alpha value is -3.24. The Morgan fingerprint density at radius 3 is 2.08 bits per heavy atom. The maximum atomic E-state index is 12.5. The van der Waals surface area contributed by atoms with E-state index in [0.717, 1.165) is 38.2 Å². The molecule has 2 saturated heterocycles. The number of morpholine rings is 1. The van der Waals surface area contributed by atoms with Crippen molar-refractivity contribution in [3.63, 3.8) is 0 Å². The Morgan fingerprint density at radius 1 is 1.08 bits per heavy atom. The van der Waals surface area contributed by atoms with Gasteiger partial charge in [-0.25, -0.2) is 9.59 Å². The number of carbonyl (C=O) groups is 3. The minimum atomic E-state index is -5.08. The van der Waals surface area contributed by atoms with E-state index in [1.54, 1.807) is 12.4 Å². The molecule has 1 amide bonds.